The van der Waals surface area contributed by atoms with Crippen LogP contribution in [-0.4, -0.2) is 0 Å². The van der Waals surface area contributed by atoms with E-state index in [9.17, 15) is 0 Å². The van der Waals surface area contributed by atoms with Crippen LogP contribution in [-0.2, 0) is 32.7 Å². The second-order valence-electron chi connectivity index (χ2n) is 2.15. The summed E-state index contributed by atoms with van der Waals surface area (Å²) in [6, 6.07) is 6.82. The average molecular weight is 229 g/mol. The van der Waals surface area contributed by atoms with Gasteiger partial charge >= 0.3 is 0 Å². The Morgan fingerprint density at radius 1 is 1.40 bits per heavy atom. The van der Waals surface area contributed by atoms with Crippen LogP contribution in [0.4, 0.5) is 0 Å². The summed E-state index contributed by atoms with van der Waals surface area (Å²) in [7, 11) is 0. The van der Waals surface area contributed by atoms with Crippen molar-refractivity contribution in [3.8, 4) is 0 Å². The van der Waals surface area contributed by atoms with Crippen molar-refractivity contribution in [2.24, 2.45) is 0 Å². The molecule has 0 aliphatic heterocycles. The molecule has 1 aromatic carbocycles. The summed E-state index contributed by atoms with van der Waals surface area (Å²) in [5, 5.41) is 0.792. The molecule has 0 amide bonds. The van der Waals surface area contributed by atoms with Gasteiger partial charge in [0, 0.05) is 32.7 Å². The van der Waals surface area contributed by atoms with Crippen LogP contribution in [0.5, 0.6) is 0 Å². The Bertz CT molecular complexity index is 220. The fraction of sp³-hybridized carbons (Fsp3) is 0.250. The Morgan fingerprint density at radius 2 is 2.00 bits per heavy atom. The zero-order valence-corrected chi connectivity index (χ0v) is 9.70. The maximum Gasteiger partial charge on any atom is 0 e. The molecule has 0 aromatic heterocycles. The Balaban J connectivity index is 0.000000810. The van der Waals surface area contributed by atoms with E-state index in [-0.39, 0.29) is 32.7 Å². The predicted octanol–water partition coefficient (Wildman–Crippen LogP) is 2.75. The van der Waals surface area contributed by atoms with E-state index in [1.165, 1.54) is 0 Å². The third kappa shape index (κ3) is 2.69. The second-order valence-corrected chi connectivity index (χ2v) is 2.55. The maximum absolute atomic E-state index is 5.75. The van der Waals surface area contributed by atoms with Gasteiger partial charge in [0.2, 0.25) is 0 Å². The van der Waals surface area contributed by atoms with Gasteiger partial charge in [-0.1, -0.05) is 18.9 Å². The minimum absolute atomic E-state index is 0. The summed E-state index contributed by atoms with van der Waals surface area (Å²) < 4.78 is 0. The maximum atomic E-state index is 5.75. The van der Waals surface area contributed by atoms with E-state index >= 15 is 0 Å². The van der Waals surface area contributed by atoms with Gasteiger partial charge in [-0.15, -0.1) is 5.56 Å². The van der Waals surface area contributed by atoms with Gasteiger partial charge < -0.3 is 0 Å². The average Bonchev–Trinajstić information content (AvgIpc) is 1.80. The first kappa shape index (κ1) is 10.6. The summed E-state index contributed by atoms with van der Waals surface area (Å²) in [5.41, 5.74) is 2.25. The van der Waals surface area contributed by atoms with Gasteiger partial charge in [0.05, 0.1) is 0 Å². The van der Waals surface area contributed by atoms with Crippen LogP contribution in [0.25, 0.3) is 0 Å². The summed E-state index contributed by atoms with van der Waals surface area (Å²) in [5.74, 6) is 0. The smallest absolute Gasteiger partial charge is 0 e. The molecular formula is C8H8ClY-. The molecule has 0 saturated carbocycles. The molecule has 0 heterocycles. The van der Waals surface area contributed by atoms with Crippen molar-refractivity contribution in [2.45, 2.75) is 13.8 Å². The third-order valence-corrected chi connectivity index (χ3v) is 1.64. The summed E-state index contributed by atoms with van der Waals surface area (Å²) in [6.07, 6.45) is 0. The van der Waals surface area contributed by atoms with Crippen LogP contribution in [0, 0.1) is 19.9 Å². The molecule has 0 aliphatic carbocycles. The van der Waals surface area contributed by atoms with Crippen LogP contribution in [0.15, 0.2) is 12.1 Å². The van der Waals surface area contributed by atoms with Crippen molar-refractivity contribution in [1.82, 2.24) is 0 Å². The molecule has 0 bridgehead atoms. The van der Waals surface area contributed by atoms with E-state index in [1.54, 1.807) is 6.07 Å². The van der Waals surface area contributed by atoms with Gasteiger partial charge in [0.25, 0.3) is 0 Å². The fourth-order valence-electron chi connectivity index (χ4n) is 0.726. The number of halogens is 1. The van der Waals surface area contributed by atoms with Gasteiger partial charge in [-0.2, -0.15) is 35.4 Å². The number of rotatable bonds is 0. The Hall–Kier alpha value is 0.614. The molecule has 2 heteroatoms. The Morgan fingerprint density at radius 3 is 2.40 bits per heavy atom. The molecule has 0 fully saturated rings. The zero-order chi connectivity index (χ0) is 6.85. The minimum Gasteiger partial charge on any atom is -0.179 e. The Labute approximate surface area is 91.8 Å². The standard InChI is InChI=1S/C8H8Cl.Y/c1-6-3-4-8(9)7(2)5-6;/h4-5H,1-2H3;/q-1;. The summed E-state index contributed by atoms with van der Waals surface area (Å²) in [6.45, 7) is 3.99. The third-order valence-electron chi connectivity index (χ3n) is 1.24. The minimum atomic E-state index is 0. The number of benzene rings is 1. The topological polar surface area (TPSA) is 0 Å². The van der Waals surface area contributed by atoms with Crippen molar-refractivity contribution in [2.75, 3.05) is 0 Å². The van der Waals surface area contributed by atoms with Gasteiger partial charge in [0.15, 0.2) is 0 Å². The molecular weight excluding hydrogens is 220 g/mol. The Kier molecular flexibility index (Phi) is 4.76. The van der Waals surface area contributed by atoms with Crippen LogP contribution in [0.2, 0.25) is 5.02 Å². The molecule has 1 aromatic rings. The van der Waals surface area contributed by atoms with Crippen LogP contribution in [0.1, 0.15) is 11.1 Å². The molecule has 0 spiro atoms. The molecule has 0 aliphatic rings. The van der Waals surface area contributed by atoms with E-state index in [4.69, 9.17) is 11.6 Å². The first-order valence-electron chi connectivity index (χ1n) is 2.84. The predicted molar refractivity (Wildman–Crippen MR) is 39.8 cm³/mol. The number of hydrogen-bond donors (Lipinski definition) is 0. The molecule has 0 atom stereocenters. The first-order chi connectivity index (χ1) is 4.20. The van der Waals surface area contributed by atoms with Crippen molar-refractivity contribution < 1.29 is 32.7 Å². The molecule has 1 rings (SSSR count). The monoisotopic (exact) mass is 228 g/mol. The van der Waals surface area contributed by atoms with E-state index in [1.807, 2.05) is 19.9 Å². The van der Waals surface area contributed by atoms with E-state index in [2.05, 4.69) is 6.07 Å². The van der Waals surface area contributed by atoms with Gasteiger partial charge in [-0.3, -0.25) is 0 Å². The SMILES string of the molecule is Cc1[c-]cc(Cl)c(C)c1.[Y]. The fourth-order valence-corrected chi connectivity index (χ4v) is 0.836. The van der Waals surface area contributed by atoms with Crippen molar-refractivity contribution >= 4 is 11.6 Å². The zero-order valence-electron chi connectivity index (χ0n) is 6.11. The quantitative estimate of drug-likeness (QED) is 0.599. The molecule has 0 N–H and O–H groups in total. The van der Waals surface area contributed by atoms with Crippen LogP contribution >= 0.6 is 11.6 Å². The van der Waals surface area contributed by atoms with Gasteiger partial charge in [-0.05, 0) is 0 Å². The second kappa shape index (κ2) is 4.48. The number of aryl methyl sites for hydroxylation is 2. The first-order valence-corrected chi connectivity index (χ1v) is 3.22. The van der Waals surface area contributed by atoms with Crippen LogP contribution < -0.4 is 0 Å². The molecule has 0 saturated heterocycles. The van der Waals surface area contributed by atoms with E-state index in [0.717, 1.165) is 16.1 Å². The summed E-state index contributed by atoms with van der Waals surface area (Å²) in [4.78, 5) is 0. The van der Waals surface area contributed by atoms with Crippen molar-refractivity contribution in [3.63, 3.8) is 0 Å². The van der Waals surface area contributed by atoms with Gasteiger partial charge in [0.1, 0.15) is 0 Å². The van der Waals surface area contributed by atoms with Crippen LogP contribution in [0.3, 0.4) is 0 Å². The molecule has 0 nitrogen and oxygen atoms in total. The summed E-state index contributed by atoms with van der Waals surface area (Å²) >= 11 is 5.75. The molecule has 1 radical (unpaired) electrons. The number of hydrogen-bond acceptors (Lipinski definition) is 0. The molecule has 0 unspecified atom stereocenters. The van der Waals surface area contributed by atoms with Gasteiger partial charge in [-0.25, -0.2) is 0 Å². The molecule has 51 valence electrons. The largest absolute Gasteiger partial charge is 0.179 e. The van der Waals surface area contributed by atoms with E-state index < -0.39 is 0 Å². The van der Waals surface area contributed by atoms with Crippen molar-refractivity contribution in [1.29, 1.82) is 0 Å². The van der Waals surface area contributed by atoms with Crippen molar-refractivity contribution in [3.05, 3.63) is 34.3 Å². The van der Waals surface area contributed by atoms with E-state index in [0.29, 0.717) is 0 Å². The normalized spacial score (nSPS) is 8.70. The molecule has 10 heavy (non-hydrogen) atoms.